The average Bonchev–Trinajstić information content (AvgIpc) is 2.04. The maximum absolute atomic E-state index is 4.12. The molecule has 13 heavy (non-hydrogen) atoms. The number of rotatable bonds is 5. The van der Waals surface area contributed by atoms with Gasteiger partial charge in [-0.15, -0.1) is 0 Å². The van der Waals surface area contributed by atoms with E-state index in [0.29, 0.717) is 5.82 Å². The molecule has 0 fully saturated rings. The highest BCUT2D eigenvalue weighted by Crippen LogP contribution is 1.95. The van der Waals surface area contributed by atoms with Gasteiger partial charge in [0.2, 0.25) is 0 Å². The molecule has 1 N–H and O–H groups in total. The van der Waals surface area contributed by atoms with E-state index in [1.807, 2.05) is 26.0 Å². The molecule has 0 saturated heterocycles. The fourth-order valence-electron chi connectivity index (χ4n) is 0.715. The fourth-order valence-corrected chi connectivity index (χ4v) is 0.715. The lowest BCUT2D eigenvalue weighted by Gasteiger charge is -2.04. The van der Waals surface area contributed by atoms with Crippen LogP contribution in [0, 0.1) is 0 Å². The molecular weight excluding hydrogens is 160 g/mol. The molecule has 0 rings (SSSR count). The Kier molecular flexibility index (Phi) is 5.28. The number of aliphatic imine (C=N–C) groups is 1. The molecular formula is C11H16N2. The summed E-state index contributed by atoms with van der Waals surface area (Å²) in [4.78, 5) is 4.12. The third-order valence-corrected chi connectivity index (χ3v) is 1.28. The van der Waals surface area contributed by atoms with E-state index in [2.05, 4.69) is 30.0 Å². The van der Waals surface area contributed by atoms with Crippen molar-refractivity contribution in [3.05, 3.63) is 49.5 Å². The molecule has 0 aromatic heterocycles. The lowest BCUT2D eigenvalue weighted by Crippen LogP contribution is -2.08. The molecule has 0 unspecified atom stereocenters. The Morgan fingerprint density at radius 2 is 2.00 bits per heavy atom. The number of hydrogen-bond donors (Lipinski definition) is 1. The van der Waals surface area contributed by atoms with Crippen LogP contribution in [0.2, 0.25) is 0 Å². The van der Waals surface area contributed by atoms with Crippen LogP contribution in [0.3, 0.4) is 0 Å². The molecule has 0 spiro atoms. The normalized spacial score (nSPS) is 11.4. The molecule has 0 saturated carbocycles. The lowest BCUT2D eigenvalue weighted by atomic mass is 10.4. The van der Waals surface area contributed by atoms with Crippen molar-refractivity contribution in [2.24, 2.45) is 4.99 Å². The van der Waals surface area contributed by atoms with Gasteiger partial charge in [-0.25, -0.2) is 4.99 Å². The van der Waals surface area contributed by atoms with Crippen LogP contribution in [0.4, 0.5) is 0 Å². The predicted molar refractivity (Wildman–Crippen MR) is 59.5 cm³/mol. The second-order valence-corrected chi connectivity index (χ2v) is 2.55. The minimum Gasteiger partial charge on any atom is -0.341 e. The van der Waals surface area contributed by atoms with Crippen LogP contribution >= 0.6 is 0 Å². The predicted octanol–water partition coefficient (Wildman–Crippen LogP) is 2.78. The Bertz CT molecular complexity index is 270. The van der Waals surface area contributed by atoms with E-state index in [-0.39, 0.29) is 0 Å². The zero-order chi connectivity index (χ0) is 10.3. The van der Waals surface area contributed by atoms with Crippen molar-refractivity contribution in [3.63, 3.8) is 0 Å². The SMILES string of the molecule is C=CC(C)=NC(=C)NC(=C)/C=C\C. The molecule has 0 aliphatic heterocycles. The Morgan fingerprint density at radius 1 is 1.38 bits per heavy atom. The van der Waals surface area contributed by atoms with Crippen molar-refractivity contribution in [3.8, 4) is 0 Å². The minimum absolute atomic E-state index is 0.570. The van der Waals surface area contributed by atoms with E-state index in [0.717, 1.165) is 11.4 Å². The summed E-state index contributed by atoms with van der Waals surface area (Å²) in [5, 5.41) is 2.94. The number of nitrogens with one attached hydrogen (secondary N) is 1. The Morgan fingerprint density at radius 3 is 2.46 bits per heavy atom. The van der Waals surface area contributed by atoms with Crippen LogP contribution in [0.25, 0.3) is 0 Å². The highest BCUT2D eigenvalue weighted by atomic mass is 15.0. The first-order valence-electron chi connectivity index (χ1n) is 4.05. The smallest absolute Gasteiger partial charge is 0.123 e. The first-order chi connectivity index (χ1) is 6.10. The summed E-state index contributed by atoms with van der Waals surface area (Å²) < 4.78 is 0. The van der Waals surface area contributed by atoms with Crippen molar-refractivity contribution in [2.75, 3.05) is 0 Å². The molecule has 0 bridgehead atoms. The number of allylic oxidation sites excluding steroid dienone is 3. The van der Waals surface area contributed by atoms with E-state index >= 15 is 0 Å². The van der Waals surface area contributed by atoms with Crippen LogP contribution in [0.1, 0.15) is 13.8 Å². The maximum atomic E-state index is 4.12. The van der Waals surface area contributed by atoms with Gasteiger partial charge in [-0.05, 0) is 26.0 Å². The van der Waals surface area contributed by atoms with Gasteiger partial charge in [0.05, 0.1) is 0 Å². The van der Waals surface area contributed by atoms with E-state index < -0.39 is 0 Å². The van der Waals surface area contributed by atoms with Crippen LogP contribution in [-0.2, 0) is 0 Å². The highest BCUT2D eigenvalue weighted by molar-refractivity contribution is 5.92. The van der Waals surface area contributed by atoms with Crippen molar-refractivity contribution in [2.45, 2.75) is 13.8 Å². The topological polar surface area (TPSA) is 24.4 Å². The Labute approximate surface area is 80.1 Å². The molecule has 0 aromatic carbocycles. The summed E-state index contributed by atoms with van der Waals surface area (Å²) in [6.07, 6.45) is 5.42. The molecule has 2 heteroatoms. The summed E-state index contributed by atoms with van der Waals surface area (Å²) in [6, 6.07) is 0. The molecule has 70 valence electrons. The average molecular weight is 176 g/mol. The molecule has 0 atom stereocenters. The van der Waals surface area contributed by atoms with E-state index in [1.54, 1.807) is 6.08 Å². The monoisotopic (exact) mass is 176 g/mol. The fraction of sp³-hybridized carbons (Fsp3) is 0.182. The van der Waals surface area contributed by atoms with Gasteiger partial charge >= 0.3 is 0 Å². The van der Waals surface area contributed by atoms with Gasteiger partial charge in [0.15, 0.2) is 0 Å². The molecule has 2 nitrogen and oxygen atoms in total. The largest absolute Gasteiger partial charge is 0.341 e. The summed E-state index contributed by atoms with van der Waals surface area (Å²) in [5.74, 6) is 0.570. The second-order valence-electron chi connectivity index (χ2n) is 2.55. The van der Waals surface area contributed by atoms with Gasteiger partial charge in [0.25, 0.3) is 0 Å². The van der Waals surface area contributed by atoms with Crippen molar-refractivity contribution < 1.29 is 0 Å². The van der Waals surface area contributed by atoms with Gasteiger partial charge in [-0.1, -0.05) is 25.8 Å². The highest BCUT2D eigenvalue weighted by Gasteiger charge is 1.90. The maximum Gasteiger partial charge on any atom is 0.123 e. The zero-order valence-electron chi connectivity index (χ0n) is 8.30. The molecule has 0 aromatic rings. The van der Waals surface area contributed by atoms with Gasteiger partial charge < -0.3 is 5.32 Å². The van der Waals surface area contributed by atoms with Crippen molar-refractivity contribution in [1.82, 2.24) is 5.32 Å². The van der Waals surface area contributed by atoms with Gasteiger partial charge in [-0.2, -0.15) is 0 Å². The third kappa shape index (κ3) is 5.67. The zero-order valence-corrected chi connectivity index (χ0v) is 8.30. The van der Waals surface area contributed by atoms with Crippen LogP contribution in [0.5, 0.6) is 0 Å². The molecule has 0 aliphatic carbocycles. The summed E-state index contributed by atoms with van der Waals surface area (Å²) in [6.45, 7) is 14.9. The number of hydrogen-bond acceptors (Lipinski definition) is 2. The summed E-state index contributed by atoms with van der Waals surface area (Å²) in [5.41, 5.74) is 1.60. The summed E-state index contributed by atoms with van der Waals surface area (Å²) >= 11 is 0. The van der Waals surface area contributed by atoms with Crippen LogP contribution in [-0.4, -0.2) is 5.71 Å². The van der Waals surface area contributed by atoms with Crippen LogP contribution < -0.4 is 5.32 Å². The molecule has 0 radical (unpaired) electrons. The third-order valence-electron chi connectivity index (χ3n) is 1.28. The summed E-state index contributed by atoms with van der Waals surface area (Å²) in [7, 11) is 0. The minimum atomic E-state index is 0.570. The van der Waals surface area contributed by atoms with E-state index in [1.165, 1.54) is 0 Å². The first kappa shape index (κ1) is 11.4. The first-order valence-corrected chi connectivity index (χ1v) is 4.05. The Balaban J connectivity index is 4.17. The molecule has 0 aliphatic rings. The van der Waals surface area contributed by atoms with Crippen molar-refractivity contribution in [1.29, 1.82) is 0 Å². The Hall–Kier alpha value is -1.57. The van der Waals surface area contributed by atoms with Gasteiger partial charge in [0.1, 0.15) is 5.82 Å². The van der Waals surface area contributed by atoms with Crippen molar-refractivity contribution >= 4 is 5.71 Å². The quantitative estimate of drug-likeness (QED) is 0.505. The lowest BCUT2D eigenvalue weighted by molar-refractivity contribution is 0.991. The molecule has 0 amide bonds. The number of nitrogens with zero attached hydrogens (tertiary/aromatic N) is 1. The van der Waals surface area contributed by atoms with Crippen LogP contribution in [0.15, 0.2) is 54.5 Å². The van der Waals surface area contributed by atoms with E-state index in [9.17, 15) is 0 Å². The van der Waals surface area contributed by atoms with Gasteiger partial charge in [0, 0.05) is 11.4 Å². The second kappa shape index (κ2) is 6.00. The molecule has 0 heterocycles. The van der Waals surface area contributed by atoms with E-state index in [4.69, 9.17) is 0 Å². The standard InChI is InChI=1S/C11H16N2/c1-6-8-10(4)13-11(5)12-9(3)7-2/h6-8,13H,2,4-5H2,1,3H3/b8-6-,12-9?. The van der Waals surface area contributed by atoms with Gasteiger partial charge in [-0.3, -0.25) is 0 Å².